The number of benzene rings is 2. The van der Waals surface area contributed by atoms with Crippen LogP contribution < -0.4 is 10.2 Å². The highest BCUT2D eigenvalue weighted by atomic mass is 35.5. The molecule has 1 aromatic heterocycles. The molecule has 0 saturated carbocycles. The summed E-state index contributed by atoms with van der Waals surface area (Å²) in [5.74, 6) is 0.518. The number of para-hydroxylation sites is 1. The van der Waals surface area contributed by atoms with Gasteiger partial charge in [-0.3, -0.25) is 0 Å². The van der Waals surface area contributed by atoms with Crippen LogP contribution in [0.25, 0.3) is 10.9 Å². The highest BCUT2D eigenvalue weighted by Gasteiger charge is 2.17. The van der Waals surface area contributed by atoms with Crippen LogP contribution in [0.3, 0.4) is 0 Å². The number of rotatable bonds is 7. The quantitative estimate of drug-likeness (QED) is 0.473. The number of aromatic hydroxyl groups is 1. The summed E-state index contributed by atoms with van der Waals surface area (Å²) < 4.78 is 22.9. The maximum absolute atomic E-state index is 12.3. The van der Waals surface area contributed by atoms with E-state index < -0.39 is 11.1 Å². The molecule has 0 amide bonds. The fraction of sp³-hybridized carbons (Fsp3) is 0.167. The monoisotopic (exact) mass is 392 g/mol. The van der Waals surface area contributed by atoms with Crippen LogP contribution in [0, 0.1) is 6.92 Å². The fourth-order valence-electron chi connectivity index (χ4n) is 2.30. The highest BCUT2D eigenvalue weighted by molar-refractivity contribution is 7.80. The van der Waals surface area contributed by atoms with E-state index in [4.69, 9.17) is 20.6 Å². The Kier molecular flexibility index (Phi) is 6.05. The number of phenols is 1. The first-order chi connectivity index (χ1) is 12.6. The molecule has 1 atom stereocenters. The standard InChI is InChI=1S/C18H17ClN2O4S/c1-12-7-8-14-15(19)11-16(18(22)17(14)21-12)26(23)25-20-9-10-24-13-5-3-2-4-6-13/h2-8,11,20,22H,9-10H2,1H3. The van der Waals surface area contributed by atoms with Gasteiger partial charge in [0, 0.05) is 11.1 Å². The third kappa shape index (κ3) is 4.31. The van der Waals surface area contributed by atoms with Crippen LogP contribution in [-0.4, -0.2) is 27.5 Å². The number of aromatic nitrogens is 1. The molecule has 0 aliphatic carbocycles. The van der Waals surface area contributed by atoms with Gasteiger partial charge in [0.25, 0.3) is 0 Å². The van der Waals surface area contributed by atoms with E-state index in [1.165, 1.54) is 6.07 Å². The van der Waals surface area contributed by atoms with E-state index in [9.17, 15) is 9.32 Å². The summed E-state index contributed by atoms with van der Waals surface area (Å²) in [6.45, 7) is 2.42. The molecular weight excluding hydrogens is 376 g/mol. The van der Waals surface area contributed by atoms with Crippen LogP contribution in [-0.2, 0) is 15.4 Å². The second-order valence-corrected chi connectivity index (χ2v) is 6.91. The topological polar surface area (TPSA) is 80.7 Å². The zero-order chi connectivity index (χ0) is 18.5. The van der Waals surface area contributed by atoms with Gasteiger partial charge < -0.3 is 9.84 Å². The zero-order valence-corrected chi connectivity index (χ0v) is 15.5. The summed E-state index contributed by atoms with van der Waals surface area (Å²) in [6.07, 6.45) is 0. The summed E-state index contributed by atoms with van der Waals surface area (Å²) in [7, 11) is 0. The lowest BCUT2D eigenvalue weighted by molar-refractivity contribution is 0.189. The minimum absolute atomic E-state index is 0.0528. The van der Waals surface area contributed by atoms with Crippen molar-refractivity contribution in [3.05, 3.63) is 59.2 Å². The van der Waals surface area contributed by atoms with E-state index in [-0.39, 0.29) is 16.2 Å². The van der Waals surface area contributed by atoms with E-state index in [2.05, 4.69) is 10.5 Å². The number of aryl methyl sites for hydroxylation is 1. The number of hydrogen-bond donors (Lipinski definition) is 2. The Hall–Kier alpha value is -2.19. The molecule has 3 aromatic rings. The Morgan fingerprint density at radius 1 is 1.23 bits per heavy atom. The minimum atomic E-state index is -1.96. The zero-order valence-electron chi connectivity index (χ0n) is 13.9. The maximum atomic E-state index is 12.3. The van der Waals surface area contributed by atoms with Crippen molar-refractivity contribution in [1.29, 1.82) is 0 Å². The van der Waals surface area contributed by atoms with Crippen molar-refractivity contribution in [3.8, 4) is 11.5 Å². The van der Waals surface area contributed by atoms with Crippen LogP contribution in [0.1, 0.15) is 5.69 Å². The number of ether oxygens (including phenoxy) is 1. The first-order valence-electron chi connectivity index (χ1n) is 7.85. The van der Waals surface area contributed by atoms with E-state index in [0.717, 1.165) is 5.75 Å². The van der Waals surface area contributed by atoms with Crippen LogP contribution in [0.4, 0.5) is 0 Å². The van der Waals surface area contributed by atoms with Crippen molar-refractivity contribution in [3.63, 3.8) is 0 Å². The van der Waals surface area contributed by atoms with Gasteiger partial charge in [-0.15, -0.1) is 0 Å². The summed E-state index contributed by atoms with van der Waals surface area (Å²) in [6, 6.07) is 14.3. The van der Waals surface area contributed by atoms with Crippen LogP contribution in [0.5, 0.6) is 11.5 Å². The van der Waals surface area contributed by atoms with Gasteiger partial charge in [-0.05, 0) is 37.3 Å². The van der Waals surface area contributed by atoms with Gasteiger partial charge >= 0.3 is 0 Å². The van der Waals surface area contributed by atoms with Crippen molar-refractivity contribution >= 4 is 33.6 Å². The van der Waals surface area contributed by atoms with Gasteiger partial charge in [-0.1, -0.05) is 29.8 Å². The van der Waals surface area contributed by atoms with E-state index in [1.807, 2.05) is 30.3 Å². The minimum Gasteiger partial charge on any atom is -0.504 e. The maximum Gasteiger partial charge on any atom is 0.210 e. The second-order valence-electron chi connectivity index (χ2n) is 5.43. The van der Waals surface area contributed by atoms with E-state index in [1.54, 1.807) is 19.1 Å². The molecule has 0 aliphatic heterocycles. The molecule has 2 aromatic carbocycles. The molecule has 2 N–H and O–H groups in total. The number of fused-ring (bicyclic) bond motifs is 1. The lowest BCUT2D eigenvalue weighted by atomic mass is 10.2. The predicted molar refractivity (Wildman–Crippen MR) is 101 cm³/mol. The molecule has 0 fully saturated rings. The molecule has 26 heavy (non-hydrogen) atoms. The van der Waals surface area contributed by atoms with Gasteiger partial charge in [0.1, 0.15) is 22.8 Å². The van der Waals surface area contributed by atoms with Crippen LogP contribution in [0.15, 0.2) is 53.4 Å². The third-order valence-electron chi connectivity index (χ3n) is 3.54. The first-order valence-corrected chi connectivity index (χ1v) is 9.30. The average molecular weight is 393 g/mol. The van der Waals surface area contributed by atoms with Gasteiger partial charge in [0.05, 0.1) is 11.6 Å². The van der Waals surface area contributed by atoms with Gasteiger partial charge in [-0.25, -0.2) is 9.19 Å². The Labute approximate surface area is 158 Å². The molecule has 1 heterocycles. The number of pyridine rings is 1. The number of nitrogens with zero attached hydrogens (tertiary/aromatic N) is 1. The highest BCUT2D eigenvalue weighted by Crippen LogP contribution is 2.35. The molecular formula is C18H17ClN2O4S. The van der Waals surface area contributed by atoms with Crippen LogP contribution in [0.2, 0.25) is 5.02 Å². The van der Waals surface area contributed by atoms with Crippen molar-refractivity contribution in [2.45, 2.75) is 11.8 Å². The summed E-state index contributed by atoms with van der Waals surface area (Å²) in [4.78, 5) is 4.31. The number of hydrogen-bond acceptors (Lipinski definition) is 6. The Balaban J connectivity index is 1.62. The normalized spacial score (nSPS) is 12.2. The second kappa shape index (κ2) is 8.46. The molecule has 3 rings (SSSR count). The predicted octanol–water partition coefficient (Wildman–Crippen LogP) is 3.53. The van der Waals surface area contributed by atoms with E-state index in [0.29, 0.717) is 29.3 Å². The third-order valence-corrected chi connectivity index (χ3v) is 4.79. The molecule has 0 aliphatic rings. The van der Waals surface area contributed by atoms with Crippen LogP contribution >= 0.6 is 11.6 Å². The number of halogens is 1. The van der Waals surface area contributed by atoms with Crippen molar-refractivity contribution in [2.24, 2.45) is 0 Å². The lowest BCUT2D eigenvalue weighted by Crippen LogP contribution is -2.22. The molecule has 6 nitrogen and oxygen atoms in total. The smallest absolute Gasteiger partial charge is 0.210 e. The molecule has 136 valence electrons. The van der Waals surface area contributed by atoms with Gasteiger partial charge in [0.15, 0.2) is 5.75 Å². The summed E-state index contributed by atoms with van der Waals surface area (Å²) >= 11 is 4.24. The lowest BCUT2D eigenvalue weighted by Gasteiger charge is -2.10. The SMILES string of the molecule is Cc1ccc2c(Cl)cc(S(=O)ONCCOc3ccccc3)c(O)c2n1. The first kappa shape index (κ1) is 18.6. The Morgan fingerprint density at radius 3 is 2.77 bits per heavy atom. The summed E-state index contributed by atoms with van der Waals surface area (Å²) in [5.41, 5.74) is 3.56. The molecule has 0 saturated heterocycles. The summed E-state index contributed by atoms with van der Waals surface area (Å²) in [5, 5.41) is 11.3. The Bertz CT molecular complexity index is 937. The fourth-order valence-corrected chi connectivity index (χ4v) is 3.38. The van der Waals surface area contributed by atoms with Crippen molar-refractivity contribution < 1.29 is 18.3 Å². The Morgan fingerprint density at radius 2 is 2.00 bits per heavy atom. The molecule has 1 unspecified atom stereocenters. The number of hydroxylamine groups is 1. The number of phenolic OH excluding ortho intramolecular Hbond substituents is 1. The van der Waals surface area contributed by atoms with Gasteiger partial charge in [0.2, 0.25) is 11.1 Å². The molecule has 0 spiro atoms. The largest absolute Gasteiger partial charge is 0.504 e. The van der Waals surface area contributed by atoms with Crippen molar-refractivity contribution in [2.75, 3.05) is 13.2 Å². The average Bonchev–Trinajstić information content (AvgIpc) is 2.65. The molecule has 0 bridgehead atoms. The van der Waals surface area contributed by atoms with Crippen molar-refractivity contribution in [1.82, 2.24) is 10.5 Å². The van der Waals surface area contributed by atoms with Gasteiger partial charge in [-0.2, -0.15) is 9.76 Å². The molecule has 0 radical (unpaired) electrons. The molecule has 8 heteroatoms. The number of nitrogens with one attached hydrogen (secondary N) is 1. The van der Waals surface area contributed by atoms with E-state index >= 15 is 0 Å².